The van der Waals surface area contributed by atoms with Gasteiger partial charge >= 0.3 is 0 Å². The Hall–Kier alpha value is -1.52. The van der Waals surface area contributed by atoms with Crippen LogP contribution in [0.5, 0.6) is 0 Å². The predicted octanol–water partition coefficient (Wildman–Crippen LogP) is 2.82. The number of nitrogens with two attached hydrogens (primary N) is 1. The van der Waals surface area contributed by atoms with Crippen LogP contribution in [-0.4, -0.2) is 9.97 Å². The summed E-state index contributed by atoms with van der Waals surface area (Å²) in [6, 6.07) is 3.92. The molecule has 1 heterocycles. The summed E-state index contributed by atoms with van der Waals surface area (Å²) in [5, 5.41) is 0.373. The summed E-state index contributed by atoms with van der Waals surface area (Å²) < 4.78 is 12.9. The molecule has 3 nitrogen and oxygen atoms in total. The molecular weight excluding hydrogens is 253 g/mol. The average molecular weight is 266 g/mol. The largest absolute Gasteiger partial charge is 0.321 e. The Morgan fingerprint density at radius 3 is 2.61 bits per heavy atom. The Labute approximate surface area is 110 Å². The smallest absolute Gasteiger partial charge is 0.145 e. The van der Waals surface area contributed by atoms with E-state index in [4.69, 9.17) is 17.3 Å². The zero-order valence-corrected chi connectivity index (χ0v) is 10.7. The summed E-state index contributed by atoms with van der Waals surface area (Å²) in [6.07, 6.45) is 3.91. The zero-order valence-electron chi connectivity index (χ0n) is 9.90. The van der Waals surface area contributed by atoms with E-state index in [1.54, 1.807) is 18.5 Å². The van der Waals surface area contributed by atoms with Crippen LogP contribution in [0.15, 0.2) is 30.6 Å². The molecule has 0 amide bonds. The Kier molecular flexibility index (Phi) is 3.89. The normalized spacial score (nSPS) is 12.4. The van der Waals surface area contributed by atoms with Crippen LogP contribution in [0.1, 0.15) is 23.0 Å². The Morgan fingerprint density at radius 2 is 2.00 bits per heavy atom. The van der Waals surface area contributed by atoms with Crippen molar-refractivity contribution in [2.24, 2.45) is 5.73 Å². The van der Waals surface area contributed by atoms with Gasteiger partial charge in [0.1, 0.15) is 11.6 Å². The van der Waals surface area contributed by atoms with Gasteiger partial charge in [-0.1, -0.05) is 17.7 Å². The van der Waals surface area contributed by atoms with E-state index >= 15 is 0 Å². The van der Waals surface area contributed by atoms with Crippen LogP contribution < -0.4 is 5.73 Å². The minimum Gasteiger partial charge on any atom is -0.321 e. The lowest BCUT2D eigenvalue weighted by Crippen LogP contribution is -2.16. The predicted molar refractivity (Wildman–Crippen MR) is 68.8 cm³/mol. The topological polar surface area (TPSA) is 51.8 Å². The van der Waals surface area contributed by atoms with Crippen molar-refractivity contribution in [1.82, 2.24) is 9.97 Å². The summed E-state index contributed by atoms with van der Waals surface area (Å²) in [5.74, 6) is 0.199. The van der Waals surface area contributed by atoms with Gasteiger partial charge in [0.05, 0.1) is 6.04 Å². The molecule has 2 aromatic rings. The first kappa shape index (κ1) is 12.9. The van der Waals surface area contributed by atoms with E-state index < -0.39 is 0 Å². The van der Waals surface area contributed by atoms with E-state index in [-0.39, 0.29) is 11.9 Å². The van der Waals surface area contributed by atoms with Gasteiger partial charge in [-0.3, -0.25) is 0 Å². The SMILES string of the molecule is Cc1cnc(C(N)Cc2ccc(F)cc2Cl)nc1. The average Bonchev–Trinajstić information content (AvgIpc) is 2.33. The minimum atomic E-state index is -0.357. The van der Waals surface area contributed by atoms with Crippen molar-refractivity contribution in [2.75, 3.05) is 0 Å². The Bertz CT molecular complexity index is 542. The van der Waals surface area contributed by atoms with Gasteiger partial charge in [-0.25, -0.2) is 14.4 Å². The molecular formula is C13H13ClFN3. The maximum absolute atomic E-state index is 12.9. The molecule has 0 radical (unpaired) electrons. The first-order chi connectivity index (χ1) is 8.56. The van der Waals surface area contributed by atoms with Gasteiger partial charge in [-0.05, 0) is 36.6 Å². The summed E-state index contributed by atoms with van der Waals surface area (Å²) in [4.78, 5) is 8.34. The molecule has 0 saturated heterocycles. The number of benzene rings is 1. The Balaban J connectivity index is 2.15. The van der Waals surface area contributed by atoms with E-state index in [1.165, 1.54) is 12.1 Å². The highest BCUT2D eigenvalue weighted by molar-refractivity contribution is 6.31. The molecule has 0 spiro atoms. The van der Waals surface area contributed by atoms with Crippen molar-refractivity contribution < 1.29 is 4.39 Å². The Morgan fingerprint density at radius 1 is 1.33 bits per heavy atom. The third-order valence-electron chi connectivity index (χ3n) is 2.59. The molecule has 94 valence electrons. The maximum atomic E-state index is 12.9. The minimum absolute atomic E-state index is 0.353. The number of rotatable bonds is 3. The third-order valence-corrected chi connectivity index (χ3v) is 2.94. The molecule has 5 heteroatoms. The summed E-state index contributed by atoms with van der Waals surface area (Å²) in [7, 11) is 0. The molecule has 0 aliphatic heterocycles. The number of aromatic nitrogens is 2. The quantitative estimate of drug-likeness (QED) is 0.928. The molecule has 1 unspecified atom stereocenters. The van der Waals surface area contributed by atoms with Crippen molar-refractivity contribution in [3.8, 4) is 0 Å². The van der Waals surface area contributed by atoms with Crippen molar-refractivity contribution in [3.05, 3.63) is 58.4 Å². The molecule has 0 aliphatic rings. The molecule has 0 bridgehead atoms. The van der Waals surface area contributed by atoms with Gasteiger partial charge < -0.3 is 5.73 Å². The van der Waals surface area contributed by atoms with Gasteiger partial charge in [0, 0.05) is 17.4 Å². The van der Waals surface area contributed by atoms with E-state index in [2.05, 4.69) is 9.97 Å². The molecule has 18 heavy (non-hydrogen) atoms. The standard InChI is InChI=1S/C13H13ClFN3/c1-8-6-17-13(18-7-8)12(16)4-9-2-3-10(15)5-11(9)14/h2-3,5-7,12H,4,16H2,1H3. The fourth-order valence-corrected chi connectivity index (χ4v) is 1.85. The highest BCUT2D eigenvalue weighted by Crippen LogP contribution is 2.21. The first-order valence-electron chi connectivity index (χ1n) is 5.54. The van der Waals surface area contributed by atoms with Gasteiger partial charge in [0.15, 0.2) is 0 Å². The molecule has 0 aliphatic carbocycles. The lowest BCUT2D eigenvalue weighted by molar-refractivity contribution is 0.624. The van der Waals surface area contributed by atoms with Crippen LogP contribution in [0, 0.1) is 12.7 Å². The molecule has 1 atom stereocenters. The zero-order chi connectivity index (χ0) is 13.1. The van der Waals surface area contributed by atoms with Gasteiger partial charge in [-0.2, -0.15) is 0 Å². The van der Waals surface area contributed by atoms with Crippen LogP contribution in [0.2, 0.25) is 5.02 Å². The molecule has 0 saturated carbocycles. The molecule has 1 aromatic heterocycles. The van der Waals surface area contributed by atoms with Gasteiger partial charge in [0.2, 0.25) is 0 Å². The number of halogens is 2. The van der Waals surface area contributed by atoms with Gasteiger partial charge in [-0.15, -0.1) is 0 Å². The van der Waals surface area contributed by atoms with Crippen molar-refractivity contribution in [1.29, 1.82) is 0 Å². The van der Waals surface area contributed by atoms with Gasteiger partial charge in [0.25, 0.3) is 0 Å². The second-order valence-corrected chi connectivity index (χ2v) is 4.57. The van der Waals surface area contributed by atoms with Crippen LogP contribution in [0.25, 0.3) is 0 Å². The second kappa shape index (κ2) is 5.42. The molecule has 2 N–H and O–H groups in total. The van der Waals surface area contributed by atoms with E-state index in [9.17, 15) is 4.39 Å². The third kappa shape index (κ3) is 3.03. The maximum Gasteiger partial charge on any atom is 0.145 e. The highest BCUT2D eigenvalue weighted by atomic mass is 35.5. The van der Waals surface area contributed by atoms with Crippen molar-refractivity contribution in [2.45, 2.75) is 19.4 Å². The van der Waals surface area contributed by atoms with Crippen molar-refractivity contribution >= 4 is 11.6 Å². The lowest BCUT2D eigenvalue weighted by Gasteiger charge is -2.11. The fraction of sp³-hybridized carbons (Fsp3) is 0.231. The van der Waals surface area contributed by atoms with Crippen LogP contribution in [-0.2, 0) is 6.42 Å². The van der Waals surface area contributed by atoms with E-state index in [1.807, 2.05) is 6.92 Å². The molecule has 2 rings (SSSR count). The molecule has 0 fully saturated rings. The summed E-state index contributed by atoms with van der Waals surface area (Å²) in [6.45, 7) is 1.91. The highest BCUT2D eigenvalue weighted by Gasteiger charge is 2.12. The molecule has 1 aromatic carbocycles. The second-order valence-electron chi connectivity index (χ2n) is 4.16. The van der Waals surface area contributed by atoms with E-state index in [0.717, 1.165) is 11.1 Å². The van der Waals surface area contributed by atoms with Crippen LogP contribution in [0.3, 0.4) is 0 Å². The van der Waals surface area contributed by atoms with Crippen LogP contribution >= 0.6 is 11.6 Å². The number of hydrogen-bond acceptors (Lipinski definition) is 3. The van der Waals surface area contributed by atoms with Crippen LogP contribution in [0.4, 0.5) is 4.39 Å². The monoisotopic (exact) mass is 265 g/mol. The number of nitrogens with zero attached hydrogens (tertiary/aromatic N) is 2. The fourth-order valence-electron chi connectivity index (χ4n) is 1.61. The first-order valence-corrected chi connectivity index (χ1v) is 5.92. The lowest BCUT2D eigenvalue weighted by atomic mass is 10.1. The van der Waals surface area contributed by atoms with E-state index in [0.29, 0.717) is 17.3 Å². The van der Waals surface area contributed by atoms with Crippen molar-refractivity contribution in [3.63, 3.8) is 0 Å². The summed E-state index contributed by atoms with van der Waals surface area (Å²) in [5.41, 5.74) is 7.77. The number of aryl methyl sites for hydroxylation is 1. The summed E-state index contributed by atoms with van der Waals surface area (Å²) >= 11 is 5.95. The number of hydrogen-bond donors (Lipinski definition) is 1.